The van der Waals surface area contributed by atoms with Crippen molar-refractivity contribution in [1.82, 2.24) is 5.32 Å². The number of carbonyl (C=O) groups excluding carboxylic acids is 1. The summed E-state index contributed by atoms with van der Waals surface area (Å²) in [5.41, 5.74) is 1.93. The van der Waals surface area contributed by atoms with Gasteiger partial charge in [-0.3, -0.25) is 4.79 Å². The lowest BCUT2D eigenvalue weighted by Crippen LogP contribution is -2.29. The standard InChI is InChI=1S/C20H25NO4/c1-5-17(15-8-11-18(24-3)19(13-15)25-4)21-20(22)12-14-6-9-16(23-2)10-7-14/h6-11,13,17H,5,12H2,1-4H3,(H,21,22)/t17-/m1/s1. The molecule has 2 aromatic carbocycles. The van der Waals surface area contributed by atoms with E-state index in [0.29, 0.717) is 17.9 Å². The predicted octanol–water partition coefficient (Wildman–Crippen LogP) is 3.52. The van der Waals surface area contributed by atoms with Gasteiger partial charge in [0.1, 0.15) is 5.75 Å². The molecular formula is C20H25NO4. The number of hydrogen-bond acceptors (Lipinski definition) is 4. The van der Waals surface area contributed by atoms with Crippen molar-refractivity contribution in [2.24, 2.45) is 0 Å². The first-order chi connectivity index (χ1) is 12.1. The van der Waals surface area contributed by atoms with Crippen LogP contribution in [0.4, 0.5) is 0 Å². The first-order valence-corrected chi connectivity index (χ1v) is 8.25. The number of carbonyl (C=O) groups is 1. The van der Waals surface area contributed by atoms with E-state index in [1.54, 1.807) is 21.3 Å². The fraction of sp³-hybridized carbons (Fsp3) is 0.350. The van der Waals surface area contributed by atoms with Crippen molar-refractivity contribution < 1.29 is 19.0 Å². The van der Waals surface area contributed by atoms with Crippen LogP contribution >= 0.6 is 0 Å². The molecule has 2 rings (SSSR count). The molecule has 25 heavy (non-hydrogen) atoms. The number of benzene rings is 2. The Kier molecular flexibility index (Phi) is 6.69. The number of nitrogens with one attached hydrogen (secondary N) is 1. The van der Waals surface area contributed by atoms with Crippen molar-refractivity contribution in [3.05, 3.63) is 53.6 Å². The zero-order valence-corrected chi connectivity index (χ0v) is 15.2. The van der Waals surface area contributed by atoms with Gasteiger partial charge in [0, 0.05) is 0 Å². The topological polar surface area (TPSA) is 56.8 Å². The molecule has 0 bridgehead atoms. The zero-order chi connectivity index (χ0) is 18.2. The summed E-state index contributed by atoms with van der Waals surface area (Å²) < 4.78 is 15.7. The molecule has 0 aliphatic rings. The summed E-state index contributed by atoms with van der Waals surface area (Å²) in [5, 5.41) is 3.08. The summed E-state index contributed by atoms with van der Waals surface area (Å²) >= 11 is 0. The monoisotopic (exact) mass is 343 g/mol. The molecule has 5 heteroatoms. The van der Waals surface area contributed by atoms with Crippen LogP contribution in [0.25, 0.3) is 0 Å². The highest BCUT2D eigenvalue weighted by molar-refractivity contribution is 5.79. The van der Waals surface area contributed by atoms with Gasteiger partial charge in [-0.25, -0.2) is 0 Å². The molecular weight excluding hydrogens is 318 g/mol. The lowest BCUT2D eigenvalue weighted by Gasteiger charge is -2.19. The summed E-state index contributed by atoms with van der Waals surface area (Å²) in [6.07, 6.45) is 1.11. The van der Waals surface area contributed by atoms with Crippen LogP contribution in [0.5, 0.6) is 17.2 Å². The smallest absolute Gasteiger partial charge is 0.224 e. The number of rotatable bonds is 8. The molecule has 0 radical (unpaired) electrons. The lowest BCUT2D eigenvalue weighted by atomic mass is 10.0. The summed E-state index contributed by atoms with van der Waals surface area (Å²) in [6, 6.07) is 13.1. The Labute approximate surface area is 148 Å². The van der Waals surface area contributed by atoms with Gasteiger partial charge in [0.2, 0.25) is 5.91 Å². The largest absolute Gasteiger partial charge is 0.497 e. The number of methoxy groups -OCH3 is 3. The van der Waals surface area contributed by atoms with Gasteiger partial charge in [0.05, 0.1) is 33.8 Å². The molecule has 0 saturated carbocycles. The highest BCUT2D eigenvalue weighted by Gasteiger charge is 2.15. The average Bonchev–Trinajstić information content (AvgIpc) is 2.66. The Hall–Kier alpha value is -2.69. The highest BCUT2D eigenvalue weighted by atomic mass is 16.5. The Balaban J connectivity index is 2.06. The molecule has 1 atom stereocenters. The predicted molar refractivity (Wildman–Crippen MR) is 97.4 cm³/mol. The van der Waals surface area contributed by atoms with Crippen LogP contribution in [0.2, 0.25) is 0 Å². The summed E-state index contributed by atoms with van der Waals surface area (Å²) in [6.45, 7) is 2.04. The molecule has 0 fully saturated rings. The van der Waals surface area contributed by atoms with Crippen LogP contribution in [0.1, 0.15) is 30.5 Å². The quantitative estimate of drug-likeness (QED) is 0.797. The molecule has 0 aliphatic carbocycles. The fourth-order valence-corrected chi connectivity index (χ4v) is 2.66. The first kappa shape index (κ1) is 18.6. The summed E-state index contributed by atoms with van der Waals surface area (Å²) in [5.74, 6) is 2.08. The second-order valence-corrected chi connectivity index (χ2v) is 5.67. The Morgan fingerprint density at radius 1 is 0.960 bits per heavy atom. The molecule has 0 aliphatic heterocycles. The maximum absolute atomic E-state index is 12.4. The zero-order valence-electron chi connectivity index (χ0n) is 15.2. The van der Waals surface area contributed by atoms with Gasteiger partial charge in [-0.05, 0) is 41.8 Å². The van der Waals surface area contributed by atoms with E-state index in [9.17, 15) is 4.79 Å². The highest BCUT2D eigenvalue weighted by Crippen LogP contribution is 2.30. The summed E-state index contributed by atoms with van der Waals surface area (Å²) in [7, 11) is 4.83. The van der Waals surface area contributed by atoms with Gasteiger partial charge in [-0.15, -0.1) is 0 Å². The van der Waals surface area contributed by atoms with Gasteiger partial charge in [0.15, 0.2) is 11.5 Å². The molecule has 1 amide bonds. The second-order valence-electron chi connectivity index (χ2n) is 5.67. The third-order valence-corrected chi connectivity index (χ3v) is 4.08. The first-order valence-electron chi connectivity index (χ1n) is 8.25. The van der Waals surface area contributed by atoms with E-state index in [1.165, 1.54) is 0 Å². The molecule has 0 spiro atoms. The van der Waals surface area contributed by atoms with Gasteiger partial charge in [-0.1, -0.05) is 25.1 Å². The Morgan fingerprint density at radius 3 is 2.20 bits per heavy atom. The van der Waals surface area contributed by atoms with Gasteiger partial charge >= 0.3 is 0 Å². The molecule has 5 nitrogen and oxygen atoms in total. The normalized spacial score (nSPS) is 11.5. The lowest BCUT2D eigenvalue weighted by molar-refractivity contribution is -0.121. The van der Waals surface area contributed by atoms with E-state index in [-0.39, 0.29) is 11.9 Å². The maximum Gasteiger partial charge on any atom is 0.224 e. The molecule has 0 saturated heterocycles. The van der Waals surface area contributed by atoms with Gasteiger partial charge in [0.25, 0.3) is 0 Å². The van der Waals surface area contributed by atoms with E-state index >= 15 is 0 Å². The van der Waals surface area contributed by atoms with Gasteiger partial charge in [-0.2, -0.15) is 0 Å². The SMILES string of the molecule is CC[C@@H](NC(=O)Cc1ccc(OC)cc1)c1ccc(OC)c(OC)c1. The molecule has 0 heterocycles. The fourth-order valence-electron chi connectivity index (χ4n) is 2.66. The van der Waals surface area contributed by atoms with Crippen LogP contribution in [-0.4, -0.2) is 27.2 Å². The van der Waals surface area contributed by atoms with Crippen LogP contribution in [0, 0.1) is 0 Å². The van der Waals surface area contributed by atoms with E-state index in [4.69, 9.17) is 14.2 Å². The third-order valence-electron chi connectivity index (χ3n) is 4.08. The Bertz CT molecular complexity index is 697. The van der Waals surface area contributed by atoms with Crippen molar-refractivity contribution >= 4 is 5.91 Å². The molecule has 0 unspecified atom stereocenters. The molecule has 134 valence electrons. The van der Waals surface area contributed by atoms with Crippen LogP contribution in [-0.2, 0) is 11.2 Å². The van der Waals surface area contributed by atoms with Crippen molar-refractivity contribution in [3.8, 4) is 17.2 Å². The van der Waals surface area contributed by atoms with Crippen molar-refractivity contribution in [1.29, 1.82) is 0 Å². The third kappa shape index (κ3) is 4.89. The molecule has 0 aromatic heterocycles. The average molecular weight is 343 g/mol. The van der Waals surface area contributed by atoms with E-state index in [2.05, 4.69) is 5.32 Å². The second kappa shape index (κ2) is 8.97. The van der Waals surface area contributed by atoms with Crippen molar-refractivity contribution in [3.63, 3.8) is 0 Å². The van der Waals surface area contributed by atoms with E-state index < -0.39 is 0 Å². The van der Waals surface area contributed by atoms with E-state index in [1.807, 2.05) is 49.4 Å². The summed E-state index contributed by atoms with van der Waals surface area (Å²) in [4.78, 5) is 12.4. The minimum absolute atomic E-state index is 0.0215. The van der Waals surface area contributed by atoms with Crippen LogP contribution in [0.3, 0.4) is 0 Å². The maximum atomic E-state index is 12.4. The van der Waals surface area contributed by atoms with Crippen LogP contribution in [0.15, 0.2) is 42.5 Å². The minimum atomic E-state index is -0.0782. The van der Waals surface area contributed by atoms with Crippen molar-refractivity contribution in [2.75, 3.05) is 21.3 Å². The van der Waals surface area contributed by atoms with E-state index in [0.717, 1.165) is 23.3 Å². The van der Waals surface area contributed by atoms with Crippen LogP contribution < -0.4 is 19.5 Å². The Morgan fingerprint density at radius 2 is 1.64 bits per heavy atom. The molecule has 2 aromatic rings. The van der Waals surface area contributed by atoms with Crippen molar-refractivity contribution in [2.45, 2.75) is 25.8 Å². The molecule has 1 N–H and O–H groups in total. The minimum Gasteiger partial charge on any atom is -0.497 e. The number of amides is 1. The number of ether oxygens (including phenoxy) is 3. The number of hydrogen-bond donors (Lipinski definition) is 1. The van der Waals surface area contributed by atoms with Gasteiger partial charge < -0.3 is 19.5 Å².